The molecule has 0 unspecified atom stereocenters. The molecule has 0 N–H and O–H groups in total. The number of rotatable bonds is 0. The van der Waals surface area contributed by atoms with Crippen LogP contribution in [0.5, 0.6) is 0 Å². The van der Waals surface area contributed by atoms with E-state index in [4.69, 9.17) is 11.6 Å². The molecule has 1 aromatic heterocycles. The van der Waals surface area contributed by atoms with Crippen LogP contribution >= 0.6 is 11.6 Å². The van der Waals surface area contributed by atoms with Crippen LogP contribution < -0.4 is 4.90 Å². The molecule has 0 aromatic carbocycles. The highest BCUT2D eigenvalue weighted by Gasteiger charge is 2.24. The molecule has 0 bridgehead atoms. The highest BCUT2D eigenvalue weighted by Crippen LogP contribution is 2.31. The van der Waals surface area contributed by atoms with Gasteiger partial charge in [0.25, 0.3) is 0 Å². The molecule has 0 saturated heterocycles. The zero-order valence-corrected chi connectivity index (χ0v) is 8.01. The van der Waals surface area contributed by atoms with Gasteiger partial charge in [-0.25, -0.2) is 4.98 Å². The largest absolute Gasteiger partial charge is 0.312 e. The second-order valence-electron chi connectivity index (χ2n) is 3.02. The molecule has 1 aliphatic heterocycles. The second-order valence-corrected chi connectivity index (χ2v) is 3.38. The number of carbonyl (C=O) groups is 1. The van der Waals surface area contributed by atoms with E-state index < -0.39 is 0 Å². The molecule has 4 heteroatoms. The van der Waals surface area contributed by atoms with Gasteiger partial charge in [-0.3, -0.25) is 4.79 Å². The summed E-state index contributed by atoms with van der Waals surface area (Å²) in [6.07, 6.45) is 2.43. The molecule has 3 nitrogen and oxygen atoms in total. The summed E-state index contributed by atoms with van der Waals surface area (Å²) in [6.45, 7) is 2.28. The molecule has 0 aliphatic carbocycles. The maximum Gasteiger partial charge on any atom is 0.223 e. The number of nitrogens with zero attached hydrogens (tertiary/aromatic N) is 2. The van der Waals surface area contributed by atoms with Crippen LogP contribution in [-0.4, -0.2) is 17.4 Å². The SMILES string of the molecule is CC(=O)N1CCc2c1ccnc2Cl. The maximum absolute atomic E-state index is 11.2. The average Bonchev–Trinajstić information content (AvgIpc) is 2.48. The molecule has 13 heavy (non-hydrogen) atoms. The number of hydrogen-bond donors (Lipinski definition) is 0. The fourth-order valence-electron chi connectivity index (χ4n) is 1.61. The third kappa shape index (κ3) is 1.29. The van der Waals surface area contributed by atoms with Gasteiger partial charge in [-0.1, -0.05) is 11.6 Å². The first-order valence-electron chi connectivity index (χ1n) is 4.11. The van der Waals surface area contributed by atoms with Gasteiger partial charge in [0, 0.05) is 25.2 Å². The van der Waals surface area contributed by atoms with Crippen molar-refractivity contribution in [2.24, 2.45) is 0 Å². The minimum atomic E-state index is 0.0565. The number of halogens is 1. The minimum absolute atomic E-state index is 0.0565. The quantitative estimate of drug-likeness (QED) is 0.591. The van der Waals surface area contributed by atoms with Gasteiger partial charge in [-0.2, -0.15) is 0 Å². The summed E-state index contributed by atoms with van der Waals surface area (Å²) < 4.78 is 0. The summed E-state index contributed by atoms with van der Waals surface area (Å²) >= 11 is 5.89. The van der Waals surface area contributed by atoms with Gasteiger partial charge >= 0.3 is 0 Å². The Morgan fingerprint density at radius 1 is 1.69 bits per heavy atom. The first kappa shape index (κ1) is 8.51. The molecule has 68 valence electrons. The van der Waals surface area contributed by atoms with E-state index in [1.165, 1.54) is 0 Å². The van der Waals surface area contributed by atoms with Crippen LogP contribution in [0.15, 0.2) is 12.3 Å². The lowest BCUT2D eigenvalue weighted by molar-refractivity contribution is -0.116. The lowest BCUT2D eigenvalue weighted by atomic mass is 10.2. The van der Waals surface area contributed by atoms with Gasteiger partial charge in [-0.05, 0) is 12.5 Å². The van der Waals surface area contributed by atoms with Crippen LogP contribution in [0.4, 0.5) is 5.69 Å². The molecule has 0 radical (unpaired) electrons. The van der Waals surface area contributed by atoms with E-state index in [1.807, 2.05) is 6.07 Å². The summed E-state index contributed by atoms with van der Waals surface area (Å²) in [6, 6.07) is 1.83. The zero-order valence-electron chi connectivity index (χ0n) is 7.25. The third-order valence-corrected chi connectivity index (χ3v) is 2.56. The number of hydrogen-bond acceptors (Lipinski definition) is 2. The van der Waals surface area contributed by atoms with Crippen molar-refractivity contribution in [1.29, 1.82) is 0 Å². The molecule has 0 spiro atoms. The summed E-state index contributed by atoms with van der Waals surface area (Å²) in [4.78, 5) is 16.9. The van der Waals surface area contributed by atoms with Gasteiger partial charge in [-0.15, -0.1) is 0 Å². The Labute approximate surface area is 81.3 Å². The molecular formula is C9H9ClN2O. The molecule has 0 fully saturated rings. The highest BCUT2D eigenvalue weighted by atomic mass is 35.5. The second kappa shape index (κ2) is 3.00. The normalized spacial score (nSPS) is 14.5. The van der Waals surface area contributed by atoms with Crippen molar-refractivity contribution in [2.75, 3.05) is 11.4 Å². The first-order chi connectivity index (χ1) is 6.20. The van der Waals surface area contributed by atoms with Crippen molar-refractivity contribution < 1.29 is 4.79 Å². The van der Waals surface area contributed by atoms with E-state index in [-0.39, 0.29) is 5.91 Å². The lowest BCUT2D eigenvalue weighted by Crippen LogP contribution is -2.25. The van der Waals surface area contributed by atoms with Crippen molar-refractivity contribution in [3.63, 3.8) is 0 Å². The lowest BCUT2D eigenvalue weighted by Gasteiger charge is -2.13. The van der Waals surface area contributed by atoms with Crippen molar-refractivity contribution in [2.45, 2.75) is 13.3 Å². The Morgan fingerprint density at radius 2 is 2.46 bits per heavy atom. The van der Waals surface area contributed by atoms with Crippen molar-refractivity contribution in [3.8, 4) is 0 Å². The van der Waals surface area contributed by atoms with Gasteiger partial charge < -0.3 is 4.90 Å². The van der Waals surface area contributed by atoms with Crippen LogP contribution in [0, 0.1) is 0 Å². The molecule has 2 rings (SSSR count). The van der Waals surface area contributed by atoms with E-state index in [0.717, 1.165) is 24.2 Å². The first-order valence-corrected chi connectivity index (χ1v) is 4.49. The van der Waals surface area contributed by atoms with Crippen LogP contribution in [-0.2, 0) is 11.2 Å². The van der Waals surface area contributed by atoms with E-state index in [1.54, 1.807) is 18.0 Å². The number of pyridine rings is 1. The number of amides is 1. The molecule has 0 saturated carbocycles. The summed E-state index contributed by atoms with van der Waals surface area (Å²) in [7, 11) is 0. The fraction of sp³-hybridized carbons (Fsp3) is 0.333. The Bertz CT molecular complexity index is 365. The molecule has 2 heterocycles. The highest BCUT2D eigenvalue weighted by molar-refractivity contribution is 6.30. The summed E-state index contributed by atoms with van der Waals surface area (Å²) in [5.74, 6) is 0.0565. The van der Waals surface area contributed by atoms with E-state index in [0.29, 0.717) is 5.15 Å². The zero-order chi connectivity index (χ0) is 9.42. The Balaban J connectivity index is 2.49. The molecule has 1 aliphatic rings. The summed E-state index contributed by atoms with van der Waals surface area (Å²) in [5, 5.41) is 0.515. The van der Waals surface area contributed by atoms with Crippen LogP contribution in [0.25, 0.3) is 0 Å². The minimum Gasteiger partial charge on any atom is -0.312 e. The number of aromatic nitrogens is 1. The van der Waals surface area contributed by atoms with Crippen LogP contribution in [0.2, 0.25) is 5.15 Å². The maximum atomic E-state index is 11.2. The van der Waals surface area contributed by atoms with E-state index in [9.17, 15) is 4.79 Å². The monoisotopic (exact) mass is 196 g/mol. The molecular weight excluding hydrogens is 188 g/mol. The number of fused-ring (bicyclic) bond motifs is 1. The molecule has 1 amide bonds. The predicted molar refractivity (Wildman–Crippen MR) is 51.0 cm³/mol. The molecule has 1 aromatic rings. The summed E-state index contributed by atoms with van der Waals surface area (Å²) in [5.41, 5.74) is 1.90. The van der Waals surface area contributed by atoms with E-state index in [2.05, 4.69) is 4.98 Å². The smallest absolute Gasteiger partial charge is 0.223 e. The Morgan fingerprint density at radius 3 is 3.15 bits per heavy atom. The van der Waals surface area contributed by atoms with Crippen molar-refractivity contribution in [3.05, 3.63) is 23.0 Å². The third-order valence-electron chi connectivity index (χ3n) is 2.23. The van der Waals surface area contributed by atoms with Gasteiger partial charge in [0.1, 0.15) is 5.15 Å². The van der Waals surface area contributed by atoms with E-state index >= 15 is 0 Å². The topological polar surface area (TPSA) is 33.2 Å². The molecule has 0 atom stereocenters. The van der Waals surface area contributed by atoms with Crippen LogP contribution in [0.1, 0.15) is 12.5 Å². The number of anilines is 1. The van der Waals surface area contributed by atoms with Gasteiger partial charge in [0.15, 0.2) is 0 Å². The predicted octanol–water partition coefficient (Wildman–Crippen LogP) is 1.64. The van der Waals surface area contributed by atoms with Gasteiger partial charge in [0.05, 0.1) is 5.69 Å². The standard InChI is InChI=1S/C9H9ClN2O/c1-6(13)12-5-3-7-8(12)2-4-11-9(7)10/h2,4H,3,5H2,1H3. The van der Waals surface area contributed by atoms with Crippen LogP contribution in [0.3, 0.4) is 0 Å². The number of carbonyl (C=O) groups excluding carboxylic acids is 1. The van der Waals surface area contributed by atoms with Gasteiger partial charge in [0.2, 0.25) is 5.91 Å². The Hall–Kier alpha value is -1.09. The van der Waals surface area contributed by atoms with Crippen molar-refractivity contribution >= 4 is 23.2 Å². The Kier molecular flexibility index (Phi) is 1.96. The van der Waals surface area contributed by atoms with Crippen molar-refractivity contribution in [1.82, 2.24) is 4.98 Å². The average molecular weight is 197 g/mol. The fourth-order valence-corrected chi connectivity index (χ4v) is 1.86.